The average Bonchev–Trinajstić information content (AvgIpc) is 2.81. The second-order valence-corrected chi connectivity index (χ2v) is 5.70. The minimum absolute atomic E-state index is 0.175. The summed E-state index contributed by atoms with van der Waals surface area (Å²) in [5.74, 6) is 1.29. The van der Waals surface area contributed by atoms with Crippen molar-refractivity contribution in [2.45, 2.75) is 25.4 Å². The maximum atomic E-state index is 11.3. The van der Waals surface area contributed by atoms with Crippen LogP contribution in [0.3, 0.4) is 0 Å². The van der Waals surface area contributed by atoms with E-state index in [0.29, 0.717) is 18.8 Å². The maximum Gasteiger partial charge on any atom is 0.306 e. The van der Waals surface area contributed by atoms with Crippen LogP contribution in [0.2, 0.25) is 0 Å². The van der Waals surface area contributed by atoms with Crippen molar-refractivity contribution in [3.8, 4) is 11.4 Å². The van der Waals surface area contributed by atoms with Gasteiger partial charge in [-0.3, -0.25) is 4.79 Å². The van der Waals surface area contributed by atoms with Gasteiger partial charge < -0.3 is 9.30 Å². The highest BCUT2D eigenvalue weighted by atomic mass is 32.2. The van der Waals surface area contributed by atoms with Crippen LogP contribution in [0.15, 0.2) is 29.4 Å². The molecule has 0 atom stereocenters. The van der Waals surface area contributed by atoms with Crippen molar-refractivity contribution in [3.05, 3.63) is 29.8 Å². The Morgan fingerprint density at radius 2 is 2.19 bits per heavy atom. The van der Waals surface area contributed by atoms with E-state index in [2.05, 4.69) is 29.3 Å². The number of hydrogen-bond donors (Lipinski definition) is 0. The topological polar surface area (TPSA) is 57.0 Å². The van der Waals surface area contributed by atoms with Crippen LogP contribution in [0.25, 0.3) is 11.4 Å². The Hall–Kier alpha value is -1.82. The van der Waals surface area contributed by atoms with Gasteiger partial charge in [0.25, 0.3) is 0 Å². The number of carbonyl (C=O) groups is 1. The second-order valence-electron chi connectivity index (χ2n) is 4.64. The molecule has 112 valence electrons. The van der Waals surface area contributed by atoms with Crippen LogP contribution in [0.4, 0.5) is 0 Å². The van der Waals surface area contributed by atoms with E-state index >= 15 is 0 Å². The second kappa shape index (κ2) is 7.26. The van der Waals surface area contributed by atoms with Gasteiger partial charge in [-0.1, -0.05) is 35.5 Å². The van der Waals surface area contributed by atoms with Crippen LogP contribution >= 0.6 is 11.8 Å². The number of aryl methyl sites for hydroxylation is 1. The van der Waals surface area contributed by atoms with Gasteiger partial charge in [0, 0.05) is 18.4 Å². The van der Waals surface area contributed by atoms with Gasteiger partial charge in [0.05, 0.1) is 13.0 Å². The summed E-state index contributed by atoms with van der Waals surface area (Å²) in [6, 6.07) is 8.16. The Kier molecular flexibility index (Phi) is 5.38. The SMILES string of the molecule is CCOC(=O)CCSc1nnc(-c2cccc(C)c2)n1C. The molecule has 1 aromatic heterocycles. The van der Waals surface area contributed by atoms with E-state index in [4.69, 9.17) is 4.74 Å². The molecule has 21 heavy (non-hydrogen) atoms. The van der Waals surface area contributed by atoms with Crippen LogP contribution in [0, 0.1) is 6.92 Å². The van der Waals surface area contributed by atoms with Crippen molar-refractivity contribution in [2.24, 2.45) is 7.05 Å². The highest BCUT2D eigenvalue weighted by molar-refractivity contribution is 7.99. The molecule has 0 N–H and O–H groups in total. The standard InChI is InChI=1S/C15H19N3O2S/c1-4-20-13(19)8-9-21-15-17-16-14(18(15)3)12-7-5-6-11(2)10-12/h5-7,10H,4,8-9H2,1-3H3. The molecule has 0 aliphatic carbocycles. The lowest BCUT2D eigenvalue weighted by atomic mass is 10.1. The summed E-state index contributed by atoms with van der Waals surface area (Å²) < 4.78 is 6.85. The average molecular weight is 305 g/mol. The Labute approximate surface area is 128 Å². The smallest absolute Gasteiger partial charge is 0.306 e. The molecule has 0 aliphatic rings. The Morgan fingerprint density at radius 1 is 1.38 bits per heavy atom. The zero-order chi connectivity index (χ0) is 15.2. The van der Waals surface area contributed by atoms with Crippen molar-refractivity contribution >= 4 is 17.7 Å². The first kappa shape index (κ1) is 15.6. The molecule has 0 fully saturated rings. The number of hydrogen-bond acceptors (Lipinski definition) is 5. The number of nitrogens with zero attached hydrogens (tertiary/aromatic N) is 3. The predicted molar refractivity (Wildman–Crippen MR) is 83.2 cm³/mol. The lowest BCUT2D eigenvalue weighted by molar-refractivity contribution is -0.142. The molecular formula is C15H19N3O2S. The van der Waals surface area contributed by atoms with Gasteiger partial charge in [-0.05, 0) is 19.9 Å². The summed E-state index contributed by atoms with van der Waals surface area (Å²) in [5, 5.41) is 9.23. The van der Waals surface area contributed by atoms with Crippen molar-refractivity contribution < 1.29 is 9.53 Å². The molecular weight excluding hydrogens is 286 g/mol. The molecule has 0 saturated heterocycles. The fourth-order valence-corrected chi connectivity index (χ4v) is 2.76. The zero-order valence-corrected chi connectivity index (χ0v) is 13.3. The van der Waals surface area contributed by atoms with Crippen molar-refractivity contribution in [1.29, 1.82) is 0 Å². The fraction of sp³-hybridized carbons (Fsp3) is 0.400. The van der Waals surface area contributed by atoms with Gasteiger partial charge >= 0.3 is 5.97 Å². The first-order chi connectivity index (χ1) is 10.1. The first-order valence-corrected chi connectivity index (χ1v) is 7.85. The molecule has 1 aromatic carbocycles. The molecule has 0 unspecified atom stereocenters. The number of rotatable bonds is 6. The third-order valence-electron chi connectivity index (χ3n) is 2.95. The summed E-state index contributed by atoms with van der Waals surface area (Å²) in [4.78, 5) is 11.3. The van der Waals surface area contributed by atoms with E-state index in [1.807, 2.05) is 30.7 Å². The number of ether oxygens (including phenoxy) is 1. The lowest BCUT2D eigenvalue weighted by Gasteiger charge is -2.04. The zero-order valence-electron chi connectivity index (χ0n) is 12.5. The predicted octanol–water partition coefficient (Wildman–Crippen LogP) is 2.84. The van der Waals surface area contributed by atoms with E-state index in [1.165, 1.54) is 17.3 Å². The molecule has 6 heteroatoms. The molecule has 1 heterocycles. The molecule has 0 spiro atoms. The molecule has 0 aliphatic heterocycles. The lowest BCUT2D eigenvalue weighted by Crippen LogP contribution is -2.05. The summed E-state index contributed by atoms with van der Waals surface area (Å²) in [7, 11) is 1.93. The highest BCUT2D eigenvalue weighted by Crippen LogP contribution is 2.23. The van der Waals surface area contributed by atoms with E-state index in [1.54, 1.807) is 0 Å². The highest BCUT2D eigenvalue weighted by Gasteiger charge is 2.12. The molecule has 5 nitrogen and oxygen atoms in total. The largest absolute Gasteiger partial charge is 0.466 e. The molecule has 0 bridgehead atoms. The summed E-state index contributed by atoms with van der Waals surface area (Å²) in [5.41, 5.74) is 2.23. The fourth-order valence-electron chi connectivity index (χ4n) is 1.93. The van der Waals surface area contributed by atoms with E-state index in [-0.39, 0.29) is 5.97 Å². The third kappa shape index (κ3) is 4.07. The monoisotopic (exact) mass is 305 g/mol. The number of carbonyl (C=O) groups excluding carboxylic acids is 1. The van der Waals surface area contributed by atoms with Gasteiger partial charge in [0.15, 0.2) is 11.0 Å². The Morgan fingerprint density at radius 3 is 2.90 bits per heavy atom. The molecule has 2 aromatic rings. The van der Waals surface area contributed by atoms with Crippen molar-refractivity contribution in [3.63, 3.8) is 0 Å². The number of esters is 1. The van der Waals surface area contributed by atoms with Crippen molar-refractivity contribution in [1.82, 2.24) is 14.8 Å². The van der Waals surface area contributed by atoms with Gasteiger partial charge in [-0.25, -0.2) is 0 Å². The van der Waals surface area contributed by atoms with Gasteiger partial charge in [0.2, 0.25) is 0 Å². The number of benzene rings is 1. The molecule has 0 saturated carbocycles. The van der Waals surface area contributed by atoms with Gasteiger partial charge in [-0.2, -0.15) is 0 Å². The van der Waals surface area contributed by atoms with E-state index < -0.39 is 0 Å². The Bertz CT molecular complexity index is 625. The number of aromatic nitrogens is 3. The van der Waals surface area contributed by atoms with Gasteiger partial charge in [0.1, 0.15) is 0 Å². The summed E-state index contributed by atoms with van der Waals surface area (Å²) in [6.45, 7) is 4.28. The van der Waals surface area contributed by atoms with E-state index in [0.717, 1.165) is 16.5 Å². The normalized spacial score (nSPS) is 10.6. The van der Waals surface area contributed by atoms with Crippen LogP contribution in [0.1, 0.15) is 18.9 Å². The first-order valence-electron chi connectivity index (χ1n) is 6.86. The minimum Gasteiger partial charge on any atom is -0.466 e. The van der Waals surface area contributed by atoms with Crippen LogP contribution in [-0.4, -0.2) is 33.1 Å². The summed E-state index contributed by atoms with van der Waals surface area (Å²) in [6.07, 6.45) is 0.380. The Balaban J connectivity index is 2.02. The van der Waals surface area contributed by atoms with Crippen molar-refractivity contribution in [2.75, 3.05) is 12.4 Å². The van der Waals surface area contributed by atoms with Crippen LogP contribution in [0.5, 0.6) is 0 Å². The van der Waals surface area contributed by atoms with Gasteiger partial charge in [-0.15, -0.1) is 10.2 Å². The summed E-state index contributed by atoms with van der Waals surface area (Å²) >= 11 is 1.51. The third-order valence-corrected chi connectivity index (χ3v) is 3.98. The molecule has 0 amide bonds. The van der Waals surface area contributed by atoms with Crippen LogP contribution < -0.4 is 0 Å². The number of thioether (sulfide) groups is 1. The minimum atomic E-state index is -0.175. The van der Waals surface area contributed by atoms with Crippen LogP contribution in [-0.2, 0) is 16.6 Å². The quantitative estimate of drug-likeness (QED) is 0.607. The van der Waals surface area contributed by atoms with E-state index in [9.17, 15) is 4.79 Å². The molecule has 0 radical (unpaired) electrons. The molecule has 2 rings (SSSR count). The maximum absolute atomic E-state index is 11.3.